The van der Waals surface area contributed by atoms with Crippen molar-refractivity contribution in [1.82, 2.24) is 0 Å². The van der Waals surface area contributed by atoms with Crippen LogP contribution in [0.4, 0.5) is 0 Å². The summed E-state index contributed by atoms with van der Waals surface area (Å²) in [7, 11) is 0. The Morgan fingerprint density at radius 1 is 1.31 bits per heavy atom. The second-order valence-electron chi connectivity index (χ2n) is 2.98. The molecule has 1 aromatic rings. The van der Waals surface area contributed by atoms with E-state index in [9.17, 15) is 4.79 Å². The Morgan fingerprint density at radius 3 is 2.54 bits per heavy atom. The van der Waals surface area contributed by atoms with Gasteiger partial charge in [-0.2, -0.15) is 0 Å². The monoisotopic (exact) mass is 196 g/mol. The Balaban J connectivity index is 2.61. The molecule has 1 aromatic carbocycles. The fourth-order valence-corrected chi connectivity index (χ4v) is 1.46. The SMILES string of the molecule is O=CC(CCCCl)c1ccccc1. The number of hydrogen-bond donors (Lipinski definition) is 0. The first-order valence-electron chi connectivity index (χ1n) is 4.44. The van der Waals surface area contributed by atoms with Gasteiger partial charge in [0.2, 0.25) is 0 Å². The Hall–Kier alpha value is -0.820. The van der Waals surface area contributed by atoms with Crippen LogP contribution in [0.5, 0.6) is 0 Å². The lowest BCUT2D eigenvalue weighted by Crippen LogP contribution is -2.00. The third kappa shape index (κ3) is 3.19. The summed E-state index contributed by atoms with van der Waals surface area (Å²) in [5, 5.41) is 0. The Labute approximate surface area is 83.7 Å². The molecule has 70 valence electrons. The lowest BCUT2D eigenvalue weighted by Gasteiger charge is -2.08. The maximum Gasteiger partial charge on any atom is 0.127 e. The first-order valence-corrected chi connectivity index (χ1v) is 4.98. The predicted octanol–water partition coefficient (Wildman–Crippen LogP) is 2.99. The summed E-state index contributed by atoms with van der Waals surface area (Å²) in [6.07, 6.45) is 2.73. The van der Waals surface area contributed by atoms with E-state index in [0.29, 0.717) is 5.88 Å². The number of alkyl halides is 1. The number of carbonyl (C=O) groups excluding carboxylic acids is 1. The summed E-state index contributed by atoms with van der Waals surface area (Å²) in [4.78, 5) is 10.8. The molecule has 1 nitrogen and oxygen atoms in total. The van der Waals surface area contributed by atoms with E-state index in [-0.39, 0.29) is 5.92 Å². The molecular formula is C11H13ClO. The number of carbonyl (C=O) groups is 1. The van der Waals surface area contributed by atoms with Crippen LogP contribution < -0.4 is 0 Å². The van der Waals surface area contributed by atoms with E-state index in [2.05, 4.69) is 0 Å². The standard InChI is InChI=1S/C11H13ClO/c12-8-4-7-11(9-13)10-5-2-1-3-6-10/h1-3,5-6,9,11H,4,7-8H2. The van der Waals surface area contributed by atoms with E-state index in [4.69, 9.17) is 11.6 Å². The van der Waals surface area contributed by atoms with Crippen LogP contribution in [0.1, 0.15) is 24.3 Å². The molecule has 1 unspecified atom stereocenters. The van der Waals surface area contributed by atoms with E-state index < -0.39 is 0 Å². The number of benzene rings is 1. The molecule has 0 heterocycles. The van der Waals surface area contributed by atoms with Crippen LogP contribution in [-0.4, -0.2) is 12.2 Å². The maximum absolute atomic E-state index is 10.8. The van der Waals surface area contributed by atoms with Crippen molar-refractivity contribution in [3.63, 3.8) is 0 Å². The van der Waals surface area contributed by atoms with Gasteiger partial charge in [-0.1, -0.05) is 30.3 Å². The van der Waals surface area contributed by atoms with Gasteiger partial charge < -0.3 is 4.79 Å². The minimum Gasteiger partial charge on any atom is -0.303 e. The highest BCUT2D eigenvalue weighted by Crippen LogP contribution is 2.18. The van der Waals surface area contributed by atoms with Gasteiger partial charge in [0.1, 0.15) is 6.29 Å². The van der Waals surface area contributed by atoms with Crippen LogP contribution in [-0.2, 0) is 4.79 Å². The van der Waals surface area contributed by atoms with Crippen LogP contribution in [0.2, 0.25) is 0 Å². The van der Waals surface area contributed by atoms with Gasteiger partial charge in [-0.15, -0.1) is 11.6 Å². The van der Waals surface area contributed by atoms with Crippen LogP contribution in [0.3, 0.4) is 0 Å². The smallest absolute Gasteiger partial charge is 0.127 e. The van der Waals surface area contributed by atoms with Crippen LogP contribution in [0, 0.1) is 0 Å². The summed E-state index contributed by atoms with van der Waals surface area (Å²) in [6, 6.07) is 9.81. The molecule has 0 aromatic heterocycles. The minimum atomic E-state index is 0.0138. The highest BCUT2D eigenvalue weighted by molar-refractivity contribution is 6.17. The zero-order chi connectivity index (χ0) is 9.52. The maximum atomic E-state index is 10.8. The number of aldehydes is 1. The molecule has 0 spiro atoms. The van der Waals surface area contributed by atoms with Crippen LogP contribution in [0.15, 0.2) is 30.3 Å². The van der Waals surface area contributed by atoms with Crippen molar-refractivity contribution in [3.8, 4) is 0 Å². The largest absolute Gasteiger partial charge is 0.303 e. The fraction of sp³-hybridized carbons (Fsp3) is 0.364. The number of rotatable bonds is 5. The van der Waals surface area contributed by atoms with Crippen molar-refractivity contribution in [2.24, 2.45) is 0 Å². The van der Waals surface area contributed by atoms with Crippen LogP contribution >= 0.6 is 11.6 Å². The van der Waals surface area contributed by atoms with Crippen molar-refractivity contribution < 1.29 is 4.79 Å². The summed E-state index contributed by atoms with van der Waals surface area (Å²) in [5.74, 6) is 0.636. The third-order valence-electron chi connectivity index (χ3n) is 2.04. The summed E-state index contributed by atoms with van der Waals surface area (Å²) >= 11 is 5.57. The molecule has 1 rings (SSSR count). The normalized spacial score (nSPS) is 12.4. The van der Waals surface area contributed by atoms with Gasteiger partial charge in [0.25, 0.3) is 0 Å². The molecule has 0 amide bonds. The summed E-state index contributed by atoms with van der Waals surface area (Å²) < 4.78 is 0. The first kappa shape index (κ1) is 10.3. The predicted molar refractivity (Wildman–Crippen MR) is 55.2 cm³/mol. The summed E-state index contributed by atoms with van der Waals surface area (Å²) in [5.41, 5.74) is 1.09. The van der Waals surface area contributed by atoms with Crippen molar-refractivity contribution in [2.45, 2.75) is 18.8 Å². The Kier molecular flexibility index (Phi) is 4.55. The molecule has 0 bridgehead atoms. The van der Waals surface area contributed by atoms with E-state index in [1.807, 2.05) is 30.3 Å². The van der Waals surface area contributed by atoms with Gasteiger partial charge >= 0.3 is 0 Å². The van der Waals surface area contributed by atoms with E-state index >= 15 is 0 Å². The molecule has 13 heavy (non-hydrogen) atoms. The average molecular weight is 197 g/mol. The molecule has 0 fully saturated rings. The summed E-state index contributed by atoms with van der Waals surface area (Å²) in [6.45, 7) is 0. The van der Waals surface area contributed by atoms with Gasteiger partial charge in [0.05, 0.1) is 0 Å². The topological polar surface area (TPSA) is 17.1 Å². The second-order valence-corrected chi connectivity index (χ2v) is 3.36. The van der Waals surface area contributed by atoms with Gasteiger partial charge in [-0.3, -0.25) is 0 Å². The lowest BCUT2D eigenvalue weighted by atomic mass is 9.96. The van der Waals surface area contributed by atoms with Gasteiger partial charge in [-0.05, 0) is 18.4 Å². The average Bonchev–Trinajstić information content (AvgIpc) is 2.21. The van der Waals surface area contributed by atoms with Gasteiger partial charge in [-0.25, -0.2) is 0 Å². The van der Waals surface area contributed by atoms with Crippen LogP contribution in [0.25, 0.3) is 0 Å². The fourth-order valence-electron chi connectivity index (χ4n) is 1.31. The molecule has 0 aliphatic carbocycles. The van der Waals surface area contributed by atoms with Gasteiger partial charge in [0.15, 0.2) is 0 Å². The Bertz CT molecular complexity index is 246. The molecule has 1 atom stereocenters. The molecule has 0 N–H and O–H groups in total. The molecule has 0 saturated carbocycles. The van der Waals surface area contributed by atoms with Crippen molar-refractivity contribution in [1.29, 1.82) is 0 Å². The Morgan fingerprint density at radius 2 is 2.00 bits per heavy atom. The zero-order valence-corrected chi connectivity index (χ0v) is 8.20. The number of halogens is 1. The third-order valence-corrected chi connectivity index (χ3v) is 2.31. The van der Waals surface area contributed by atoms with Crippen molar-refractivity contribution >= 4 is 17.9 Å². The van der Waals surface area contributed by atoms with E-state index in [0.717, 1.165) is 24.7 Å². The quantitative estimate of drug-likeness (QED) is 0.523. The molecule has 0 radical (unpaired) electrons. The highest BCUT2D eigenvalue weighted by atomic mass is 35.5. The molecule has 0 aliphatic heterocycles. The number of hydrogen-bond acceptors (Lipinski definition) is 1. The second kappa shape index (κ2) is 5.76. The van der Waals surface area contributed by atoms with Gasteiger partial charge in [0, 0.05) is 11.8 Å². The van der Waals surface area contributed by atoms with E-state index in [1.54, 1.807) is 0 Å². The molecule has 0 aliphatic rings. The minimum absolute atomic E-state index is 0.0138. The van der Waals surface area contributed by atoms with Crippen molar-refractivity contribution in [3.05, 3.63) is 35.9 Å². The highest BCUT2D eigenvalue weighted by Gasteiger charge is 2.08. The lowest BCUT2D eigenvalue weighted by molar-refractivity contribution is -0.109. The van der Waals surface area contributed by atoms with Crippen molar-refractivity contribution in [2.75, 3.05) is 5.88 Å². The first-order chi connectivity index (χ1) is 6.38. The molecule has 0 saturated heterocycles. The molecule has 2 heteroatoms. The molecular weight excluding hydrogens is 184 g/mol. The van der Waals surface area contributed by atoms with E-state index in [1.165, 1.54) is 0 Å². The zero-order valence-electron chi connectivity index (χ0n) is 7.45.